The smallest absolute Gasteiger partial charge is 0.343 e. The summed E-state index contributed by atoms with van der Waals surface area (Å²) in [6, 6.07) is 12.3. The highest BCUT2D eigenvalue weighted by Crippen LogP contribution is 2.40. The molecule has 160 valence electrons. The van der Waals surface area contributed by atoms with Crippen LogP contribution in [0.15, 0.2) is 42.5 Å². The van der Waals surface area contributed by atoms with E-state index < -0.39 is 48.0 Å². The first-order valence-electron chi connectivity index (χ1n) is 8.44. The Balaban J connectivity index is 2.03. The van der Waals surface area contributed by atoms with Crippen LogP contribution in [-0.4, -0.2) is 52.1 Å². The lowest BCUT2D eigenvalue weighted by Gasteiger charge is -2.31. The number of sulfonamides is 2. The highest BCUT2D eigenvalue weighted by atomic mass is 32.3. The molecule has 0 atom stereocenters. The van der Waals surface area contributed by atoms with Crippen LogP contribution < -0.4 is 0 Å². The maximum atomic E-state index is 13.0. The van der Waals surface area contributed by atoms with Crippen LogP contribution in [0.4, 0.5) is 13.2 Å². The molecule has 0 aromatic heterocycles. The second-order valence-corrected chi connectivity index (χ2v) is 10.4. The third kappa shape index (κ3) is 4.12. The number of hydrogen-bond donors (Lipinski definition) is 0. The van der Waals surface area contributed by atoms with Gasteiger partial charge in [0.1, 0.15) is 0 Å². The highest BCUT2D eigenvalue weighted by Gasteiger charge is 2.54. The number of hydrogen-bond acceptors (Lipinski definition) is 6. The van der Waals surface area contributed by atoms with Crippen molar-refractivity contribution in [3.05, 3.63) is 48.0 Å². The average Bonchev–Trinajstić information content (AvgIpc) is 3.09. The van der Waals surface area contributed by atoms with E-state index in [4.69, 9.17) is 9.47 Å². The third-order valence-corrected chi connectivity index (χ3v) is 8.13. The number of nitrogens with zero attached hydrogens (tertiary/aromatic N) is 1. The van der Waals surface area contributed by atoms with Crippen molar-refractivity contribution in [2.24, 2.45) is 0 Å². The number of alkyl halides is 3. The molecular formula is C17H18F3NO6S2. The first-order valence-corrected chi connectivity index (χ1v) is 11.7. The molecule has 1 aliphatic rings. The van der Waals surface area contributed by atoms with Crippen LogP contribution in [0.1, 0.15) is 12.0 Å². The van der Waals surface area contributed by atoms with Gasteiger partial charge in [-0.1, -0.05) is 46.2 Å². The molecule has 1 aliphatic heterocycles. The minimum absolute atomic E-state index is 0.119. The lowest BCUT2D eigenvalue weighted by Crippen LogP contribution is -2.46. The van der Waals surface area contributed by atoms with Gasteiger partial charge in [-0.2, -0.15) is 13.2 Å². The quantitative estimate of drug-likeness (QED) is 0.668. The summed E-state index contributed by atoms with van der Waals surface area (Å²) >= 11 is 0. The molecule has 0 saturated carbocycles. The van der Waals surface area contributed by atoms with Gasteiger partial charge in [-0.05, 0) is 10.8 Å². The molecule has 29 heavy (non-hydrogen) atoms. The van der Waals surface area contributed by atoms with Crippen molar-refractivity contribution in [3.8, 4) is 0 Å². The summed E-state index contributed by atoms with van der Waals surface area (Å²) in [5.74, 6) is -1.58. The fourth-order valence-electron chi connectivity index (χ4n) is 3.26. The van der Waals surface area contributed by atoms with Gasteiger partial charge < -0.3 is 9.47 Å². The Morgan fingerprint density at radius 2 is 1.59 bits per heavy atom. The highest BCUT2D eigenvalue weighted by molar-refractivity contribution is 8.04. The standard InChI is InChI=1S/C17H18F3NO6S2/c1-28(22,23)21(29(24,25)17(18,19)20)10-9-16(26-11-12-27-16)15-8-4-6-13-5-2-3-7-14(13)15/h2-8H,9-12H2,1H3. The van der Waals surface area contributed by atoms with Crippen molar-refractivity contribution in [1.29, 1.82) is 0 Å². The normalized spacial score (nSPS) is 17.8. The van der Waals surface area contributed by atoms with Crippen molar-refractivity contribution < 1.29 is 39.5 Å². The van der Waals surface area contributed by atoms with Crippen molar-refractivity contribution in [2.45, 2.75) is 17.7 Å². The van der Waals surface area contributed by atoms with Crippen LogP contribution in [0.3, 0.4) is 0 Å². The number of fused-ring (bicyclic) bond motifs is 1. The molecule has 1 saturated heterocycles. The zero-order valence-electron chi connectivity index (χ0n) is 15.2. The molecule has 0 N–H and O–H groups in total. The van der Waals surface area contributed by atoms with Crippen molar-refractivity contribution in [1.82, 2.24) is 3.71 Å². The third-order valence-electron chi connectivity index (χ3n) is 4.51. The van der Waals surface area contributed by atoms with Crippen LogP contribution in [-0.2, 0) is 35.3 Å². The maximum Gasteiger partial charge on any atom is 0.512 e. The Labute approximate surface area is 166 Å². The van der Waals surface area contributed by atoms with Crippen LogP contribution in [0.25, 0.3) is 10.8 Å². The monoisotopic (exact) mass is 453 g/mol. The summed E-state index contributed by atoms with van der Waals surface area (Å²) in [7, 11) is -10.8. The molecule has 0 spiro atoms. The van der Waals surface area contributed by atoms with Gasteiger partial charge in [-0.3, -0.25) is 0 Å². The zero-order valence-corrected chi connectivity index (χ0v) is 16.8. The molecule has 0 unspecified atom stereocenters. The Morgan fingerprint density at radius 3 is 2.17 bits per heavy atom. The molecule has 1 fully saturated rings. The summed E-state index contributed by atoms with van der Waals surface area (Å²) in [4.78, 5) is 0. The summed E-state index contributed by atoms with van der Waals surface area (Å²) < 4.78 is 97.0. The molecule has 0 bridgehead atoms. The van der Waals surface area contributed by atoms with E-state index in [2.05, 4.69) is 0 Å². The lowest BCUT2D eigenvalue weighted by atomic mass is 9.95. The van der Waals surface area contributed by atoms with Crippen molar-refractivity contribution in [3.63, 3.8) is 0 Å². The van der Waals surface area contributed by atoms with Gasteiger partial charge in [-0.25, -0.2) is 16.8 Å². The zero-order chi connectivity index (χ0) is 21.5. The molecule has 1 heterocycles. The minimum Gasteiger partial charge on any atom is -0.343 e. The number of halogens is 3. The van der Waals surface area contributed by atoms with E-state index in [1.54, 1.807) is 30.3 Å². The largest absolute Gasteiger partial charge is 0.512 e. The molecule has 0 amide bonds. The predicted octanol–water partition coefficient (Wildman–Crippen LogP) is 2.54. The summed E-state index contributed by atoms with van der Waals surface area (Å²) in [6.45, 7) is -0.758. The first-order chi connectivity index (χ1) is 13.4. The fraction of sp³-hybridized carbons (Fsp3) is 0.412. The maximum absolute atomic E-state index is 13.0. The molecule has 7 nitrogen and oxygen atoms in total. The van der Waals surface area contributed by atoms with E-state index in [0.717, 1.165) is 5.39 Å². The molecule has 2 aromatic rings. The Morgan fingerprint density at radius 1 is 1.00 bits per heavy atom. The van der Waals surface area contributed by atoms with Crippen molar-refractivity contribution >= 4 is 30.8 Å². The number of ether oxygens (including phenoxy) is 2. The summed E-state index contributed by atoms with van der Waals surface area (Å²) in [6.07, 6.45) is -0.0549. The van der Waals surface area contributed by atoms with Gasteiger partial charge in [0, 0.05) is 18.5 Å². The molecule has 0 radical (unpaired) electrons. The van der Waals surface area contributed by atoms with Crippen LogP contribution in [0, 0.1) is 0 Å². The van der Waals surface area contributed by atoms with Gasteiger partial charge in [0.25, 0.3) is 0 Å². The SMILES string of the molecule is CS(=O)(=O)N(CCC1(c2cccc3ccccc23)OCCO1)S(=O)(=O)C(F)(F)F. The molecule has 2 aromatic carbocycles. The van der Waals surface area contributed by atoms with Gasteiger partial charge in [0.05, 0.1) is 19.5 Å². The summed E-state index contributed by atoms with van der Waals surface area (Å²) in [5.41, 5.74) is -5.29. The van der Waals surface area contributed by atoms with Gasteiger partial charge in [0.2, 0.25) is 10.0 Å². The second-order valence-electron chi connectivity index (χ2n) is 6.44. The lowest BCUT2D eigenvalue weighted by molar-refractivity contribution is -0.169. The Hall–Kier alpha value is -1.73. The number of benzene rings is 2. The molecule has 3 rings (SSSR count). The van der Waals surface area contributed by atoms with Gasteiger partial charge >= 0.3 is 15.5 Å². The van der Waals surface area contributed by atoms with Crippen LogP contribution in [0.5, 0.6) is 0 Å². The fourth-order valence-corrected chi connectivity index (χ4v) is 5.93. The molecule has 0 aliphatic carbocycles. The Kier molecular flexibility index (Phi) is 5.69. The van der Waals surface area contributed by atoms with Gasteiger partial charge in [-0.15, -0.1) is 0 Å². The van der Waals surface area contributed by atoms with E-state index in [1.165, 1.54) is 0 Å². The van der Waals surface area contributed by atoms with Gasteiger partial charge in [0.15, 0.2) is 5.79 Å². The number of rotatable bonds is 6. The van der Waals surface area contributed by atoms with E-state index >= 15 is 0 Å². The van der Waals surface area contributed by atoms with E-state index in [9.17, 15) is 30.0 Å². The topological polar surface area (TPSA) is 90.0 Å². The average molecular weight is 453 g/mol. The van der Waals surface area contributed by atoms with E-state index in [-0.39, 0.29) is 13.2 Å². The Bertz CT molecular complexity index is 1100. The van der Waals surface area contributed by atoms with Crippen LogP contribution >= 0.6 is 0 Å². The molecule has 12 heteroatoms. The van der Waals surface area contributed by atoms with E-state index in [0.29, 0.717) is 17.2 Å². The minimum atomic E-state index is -6.11. The summed E-state index contributed by atoms with van der Waals surface area (Å²) in [5, 5.41) is 1.51. The second kappa shape index (κ2) is 7.51. The van der Waals surface area contributed by atoms with Crippen LogP contribution in [0.2, 0.25) is 0 Å². The molecular weight excluding hydrogens is 435 g/mol. The van der Waals surface area contributed by atoms with E-state index in [1.807, 2.05) is 12.1 Å². The van der Waals surface area contributed by atoms with Crippen molar-refractivity contribution in [2.75, 3.05) is 26.0 Å². The first kappa shape index (κ1) is 22.0. The predicted molar refractivity (Wildman–Crippen MR) is 98.7 cm³/mol.